The summed E-state index contributed by atoms with van der Waals surface area (Å²) >= 11 is 0. The van der Waals surface area contributed by atoms with Crippen LogP contribution in [0.4, 0.5) is 0 Å². The molecule has 0 spiro atoms. The maximum Gasteiger partial charge on any atom is 0.255 e. The van der Waals surface area contributed by atoms with Gasteiger partial charge < -0.3 is 14.8 Å². The fourth-order valence-electron chi connectivity index (χ4n) is 3.79. The summed E-state index contributed by atoms with van der Waals surface area (Å²) < 4.78 is 11.1. The predicted molar refractivity (Wildman–Crippen MR) is 116 cm³/mol. The quantitative estimate of drug-likeness (QED) is 0.681. The SMILES string of the molecule is CCCOc1ccccc1C(=O)NCC(c1ccc(OC)cc1)N1CCCCC1. The van der Waals surface area contributed by atoms with Crippen molar-refractivity contribution >= 4 is 5.91 Å². The maximum atomic E-state index is 12.9. The van der Waals surface area contributed by atoms with Gasteiger partial charge in [0.2, 0.25) is 0 Å². The minimum Gasteiger partial charge on any atom is -0.497 e. The average molecular weight is 397 g/mol. The molecule has 1 heterocycles. The number of carbonyl (C=O) groups is 1. The zero-order valence-electron chi connectivity index (χ0n) is 17.5. The Morgan fingerprint density at radius 1 is 1.07 bits per heavy atom. The Kier molecular flexibility index (Phi) is 7.94. The number of methoxy groups -OCH3 is 1. The molecule has 29 heavy (non-hydrogen) atoms. The van der Waals surface area contributed by atoms with E-state index >= 15 is 0 Å². The van der Waals surface area contributed by atoms with Gasteiger partial charge in [-0.2, -0.15) is 0 Å². The van der Waals surface area contributed by atoms with Crippen molar-refractivity contribution in [3.05, 3.63) is 59.7 Å². The van der Waals surface area contributed by atoms with E-state index in [2.05, 4.69) is 29.3 Å². The molecule has 0 saturated carbocycles. The van der Waals surface area contributed by atoms with Crippen molar-refractivity contribution in [2.75, 3.05) is 33.4 Å². The number of ether oxygens (including phenoxy) is 2. The fraction of sp³-hybridized carbons (Fsp3) is 0.458. The van der Waals surface area contributed by atoms with E-state index in [-0.39, 0.29) is 11.9 Å². The zero-order valence-corrected chi connectivity index (χ0v) is 17.5. The highest BCUT2D eigenvalue weighted by Crippen LogP contribution is 2.26. The first kappa shape index (κ1) is 21.2. The molecule has 1 unspecified atom stereocenters. The van der Waals surface area contributed by atoms with Crippen LogP contribution in [0.15, 0.2) is 48.5 Å². The molecule has 1 aliphatic rings. The molecule has 0 radical (unpaired) electrons. The van der Waals surface area contributed by atoms with Gasteiger partial charge in [-0.15, -0.1) is 0 Å². The molecule has 3 rings (SSSR count). The molecule has 1 fully saturated rings. The van der Waals surface area contributed by atoms with Crippen LogP contribution in [0, 0.1) is 0 Å². The number of amides is 1. The first-order chi connectivity index (χ1) is 14.2. The van der Waals surface area contributed by atoms with Crippen LogP contribution in [-0.4, -0.2) is 44.2 Å². The molecule has 1 saturated heterocycles. The minimum atomic E-state index is -0.0905. The summed E-state index contributed by atoms with van der Waals surface area (Å²) in [5, 5.41) is 3.15. The summed E-state index contributed by atoms with van der Waals surface area (Å²) in [5.74, 6) is 1.40. The summed E-state index contributed by atoms with van der Waals surface area (Å²) in [6.07, 6.45) is 4.59. The van der Waals surface area contributed by atoms with Crippen LogP contribution >= 0.6 is 0 Å². The third kappa shape index (κ3) is 5.73. The molecule has 1 atom stereocenters. The molecular weight excluding hydrogens is 364 g/mol. The number of nitrogens with zero attached hydrogens (tertiary/aromatic N) is 1. The second kappa shape index (κ2) is 10.9. The topological polar surface area (TPSA) is 50.8 Å². The maximum absolute atomic E-state index is 12.9. The van der Waals surface area contributed by atoms with Gasteiger partial charge in [0.05, 0.1) is 25.3 Å². The molecule has 2 aromatic carbocycles. The average Bonchev–Trinajstić information content (AvgIpc) is 2.79. The monoisotopic (exact) mass is 396 g/mol. The highest BCUT2D eigenvalue weighted by molar-refractivity contribution is 5.96. The molecular formula is C24H32N2O3. The first-order valence-corrected chi connectivity index (χ1v) is 10.6. The van der Waals surface area contributed by atoms with Gasteiger partial charge in [0.1, 0.15) is 11.5 Å². The van der Waals surface area contributed by atoms with Crippen LogP contribution in [0.1, 0.15) is 54.6 Å². The van der Waals surface area contributed by atoms with Crippen molar-refractivity contribution in [3.63, 3.8) is 0 Å². The Balaban J connectivity index is 1.73. The van der Waals surface area contributed by atoms with E-state index in [1.165, 1.54) is 24.8 Å². The van der Waals surface area contributed by atoms with Gasteiger partial charge in [0.15, 0.2) is 0 Å². The van der Waals surface area contributed by atoms with Crippen LogP contribution in [0.3, 0.4) is 0 Å². The van der Waals surface area contributed by atoms with Gasteiger partial charge in [-0.3, -0.25) is 9.69 Å². The van der Waals surface area contributed by atoms with E-state index in [0.29, 0.717) is 24.5 Å². The molecule has 0 bridgehead atoms. The van der Waals surface area contributed by atoms with Crippen LogP contribution in [0.5, 0.6) is 11.5 Å². The largest absolute Gasteiger partial charge is 0.497 e. The van der Waals surface area contributed by atoms with Crippen molar-refractivity contribution in [3.8, 4) is 11.5 Å². The highest BCUT2D eigenvalue weighted by atomic mass is 16.5. The van der Waals surface area contributed by atoms with E-state index in [9.17, 15) is 4.79 Å². The Morgan fingerprint density at radius 2 is 1.79 bits per heavy atom. The van der Waals surface area contributed by atoms with E-state index in [1.807, 2.05) is 36.4 Å². The van der Waals surface area contributed by atoms with Gasteiger partial charge >= 0.3 is 0 Å². The summed E-state index contributed by atoms with van der Waals surface area (Å²) in [6, 6.07) is 15.8. The van der Waals surface area contributed by atoms with Crippen molar-refractivity contribution in [2.24, 2.45) is 0 Å². The van der Waals surface area contributed by atoms with Gasteiger partial charge in [-0.25, -0.2) is 0 Å². The smallest absolute Gasteiger partial charge is 0.255 e. The Hall–Kier alpha value is -2.53. The van der Waals surface area contributed by atoms with Gasteiger partial charge in [-0.05, 0) is 62.2 Å². The Morgan fingerprint density at radius 3 is 2.48 bits per heavy atom. The summed E-state index contributed by atoms with van der Waals surface area (Å²) in [4.78, 5) is 15.4. The lowest BCUT2D eigenvalue weighted by Crippen LogP contribution is -2.40. The third-order valence-corrected chi connectivity index (χ3v) is 5.38. The number of nitrogens with one attached hydrogen (secondary N) is 1. The van der Waals surface area contributed by atoms with Crippen molar-refractivity contribution in [1.82, 2.24) is 10.2 Å². The van der Waals surface area contributed by atoms with E-state index < -0.39 is 0 Å². The van der Waals surface area contributed by atoms with E-state index in [0.717, 1.165) is 25.3 Å². The molecule has 1 amide bonds. The summed E-state index contributed by atoms with van der Waals surface area (Å²) in [5.41, 5.74) is 1.79. The second-order valence-corrected chi connectivity index (χ2v) is 7.44. The number of hydrogen-bond acceptors (Lipinski definition) is 4. The van der Waals surface area contributed by atoms with E-state index in [4.69, 9.17) is 9.47 Å². The molecule has 0 aliphatic carbocycles. The minimum absolute atomic E-state index is 0.0905. The van der Waals surface area contributed by atoms with Crippen LogP contribution < -0.4 is 14.8 Å². The molecule has 1 N–H and O–H groups in total. The Bertz CT molecular complexity index is 770. The lowest BCUT2D eigenvalue weighted by atomic mass is 10.0. The number of carbonyl (C=O) groups excluding carboxylic acids is 1. The lowest BCUT2D eigenvalue weighted by Gasteiger charge is -2.35. The van der Waals surface area contributed by atoms with Crippen molar-refractivity contribution < 1.29 is 14.3 Å². The standard InChI is InChI=1S/C24H32N2O3/c1-3-17-29-23-10-6-5-9-21(23)24(27)25-18-22(26-15-7-4-8-16-26)19-11-13-20(28-2)14-12-19/h5-6,9-14,22H,3-4,7-8,15-18H2,1-2H3,(H,25,27). The number of para-hydroxylation sites is 1. The Labute approximate surface area is 174 Å². The molecule has 0 aromatic heterocycles. The number of piperidine rings is 1. The number of benzene rings is 2. The molecule has 156 valence electrons. The molecule has 1 aliphatic heterocycles. The first-order valence-electron chi connectivity index (χ1n) is 10.6. The van der Waals surface area contributed by atoms with Crippen molar-refractivity contribution in [1.29, 1.82) is 0 Å². The predicted octanol–water partition coefficient (Wildman–Crippen LogP) is 4.44. The summed E-state index contributed by atoms with van der Waals surface area (Å²) in [6.45, 7) is 5.34. The molecule has 5 nitrogen and oxygen atoms in total. The number of rotatable bonds is 9. The molecule has 5 heteroatoms. The zero-order chi connectivity index (χ0) is 20.5. The van der Waals surface area contributed by atoms with Gasteiger partial charge in [-0.1, -0.05) is 37.6 Å². The van der Waals surface area contributed by atoms with Gasteiger partial charge in [0, 0.05) is 6.54 Å². The highest BCUT2D eigenvalue weighted by Gasteiger charge is 2.23. The van der Waals surface area contributed by atoms with Crippen LogP contribution in [-0.2, 0) is 0 Å². The van der Waals surface area contributed by atoms with Gasteiger partial charge in [0.25, 0.3) is 5.91 Å². The van der Waals surface area contributed by atoms with Crippen LogP contribution in [0.2, 0.25) is 0 Å². The number of likely N-dealkylation sites (tertiary alicyclic amines) is 1. The lowest BCUT2D eigenvalue weighted by molar-refractivity contribution is 0.0920. The van der Waals surface area contributed by atoms with Crippen molar-refractivity contribution in [2.45, 2.75) is 38.6 Å². The second-order valence-electron chi connectivity index (χ2n) is 7.44. The third-order valence-electron chi connectivity index (χ3n) is 5.38. The van der Waals surface area contributed by atoms with E-state index in [1.54, 1.807) is 7.11 Å². The fourth-order valence-corrected chi connectivity index (χ4v) is 3.79. The summed E-state index contributed by atoms with van der Waals surface area (Å²) in [7, 11) is 1.68. The normalized spacial score (nSPS) is 15.5. The molecule has 2 aromatic rings. The number of hydrogen-bond donors (Lipinski definition) is 1. The van der Waals surface area contributed by atoms with Crippen LogP contribution in [0.25, 0.3) is 0 Å².